The van der Waals surface area contributed by atoms with Gasteiger partial charge in [0.05, 0.1) is 12.8 Å². The van der Waals surface area contributed by atoms with E-state index in [9.17, 15) is 4.79 Å². The van der Waals surface area contributed by atoms with Gasteiger partial charge in [-0.2, -0.15) is 0 Å². The summed E-state index contributed by atoms with van der Waals surface area (Å²) in [5.41, 5.74) is 0.702. The van der Waals surface area contributed by atoms with Crippen molar-refractivity contribution >= 4 is 22.9 Å². The second-order valence-corrected chi connectivity index (χ2v) is 6.13. The number of methoxy groups -OCH3 is 1. The third-order valence-electron chi connectivity index (χ3n) is 3.38. The third kappa shape index (κ3) is 5.54. The minimum Gasteiger partial charge on any atom is -0.495 e. The third-order valence-corrected chi connectivity index (χ3v) is 4.24. The zero-order valence-corrected chi connectivity index (χ0v) is 14.1. The molecule has 23 heavy (non-hydrogen) atoms. The number of carbonyl (C=O) groups is 1. The average molecular weight is 330 g/mol. The van der Waals surface area contributed by atoms with E-state index in [1.807, 2.05) is 36.4 Å². The van der Waals surface area contributed by atoms with Crippen molar-refractivity contribution in [2.45, 2.75) is 13.0 Å². The second kappa shape index (κ2) is 9.12. The second-order valence-electron chi connectivity index (χ2n) is 5.10. The van der Waals surface area contributed by atoms with Gasteiger partial charge in [0.1, 0.15) is 5.75 Å². The standard InChI is InChI=1S/C18H22N2O2S/c1-3-11-20(14-15-7-6-13-23-15)12-10-18(21)19-16-8-4-5-9-17(16)22-2/h3-9,13H,1,10-12,14H2,2H3,(H,19,21). The molecule has 2 aromatic rings. The van der Waals surface area contributed by atoms with Gasteiger partial charge in [-0.1, -0.05) is 24.3 Å². The summed E-state index contributed by atoms with van der Waals surface area (Å²) in [6.45, 7) is 6.08. The molecule has 0 saturated heterocycles. The van der Waals surface area contributed by atoms with E-state index in [0.29, 0.717) is 24.4 Å². The highest BCUT2D eigenvalue weighted by Gasteiger charge is 2.10. The summed E-state index contributed by atoms with van der Waals surface area (Å²) in [6.07, 6.45) is 2.29. The quantitative estimate of drug-likeness (QED) is 0.712. The normalized spacial score (nSPS) is 10.5. The van der Waals surface area contributed by atoms with Crippen LogP contribution in [0.5, 0.6) is 5.75 Å². The Morgan fingerprint density at radius 2 is 2.17 bits per heavy atom. The fraction of sp³-hybridized carbons (Fsp3) is 0.278. The number of anilines is 1. The van der Waals surface area contributed by atoms with Crippen molar-refractivity contribution in [2.75, 3.05) is 25.5 Å². The number of amides is 1. The molecule has 1 amide bonds. The Hall–Kier alpha value is -2.11. The van der Waals surface area contributed by atoms with E-state index in [2.05, 4.69) is 28.2 Å². The van der Waals surface area contributed by atoms with Gasteiger partial charge < -0.3 is 10.1 Å². The molecule has 0 aliphatic rings. The van der Waals surface area contributed by atoms with E-state index in [-0.39, 0.29) is 5.91 Å². The Morgan fingerprint density at radius 3 is 2.87 bits per heavy atom. The van der Waals surface area contributed by atoms with Gasteiger partial charge in [-0.3, -0.25) is 9.69 Å². The molecule has 0 bridgehead atoms. The lowest BCUT2D eigenvalue weighted by molar-refractivity contribution is -0.116. The number of nitrogens with zero attached hydrogens (tertiary/aromatic N) is 1. The molecule has 122 valence electrons. The van der Waals surface area contributed by atoms with E-state index in [1.165, 1.54) is 4.88 Å². The predicted molar refractivity (Wildman–Crippen MR) is 96.0 cm³/mol. The zero-order chi connectivity index (χ0) is 16.5. The summed E-state index contributed by atoms with van der Waals surface area (Å²) in [4.78, 5) is 15.7. The van der Waals surface area contributed by atoms with Crippen LogP contribution < -0.4 is 10.1 Å². The molecule has 2 rings (SSSR count). The van der Waals surface area contributed by atoms with Crippen LogP contribution in [0.1, 0.15) is 11.3 Å². The van der Waals surface area contributed by atoms with Gasteiger partial charge in [0.15, 0.2) is 0 Å². The average Bonchev–Trinajstić information content (AvgIpc) is 3.06. The summed E-state index contributed by atoms with van der Waals surface area (Å²) < 4.78 is 5.24. The van der Waals surface area contributed by atoms with Crippen molar-refractivity contribution in [1.29, 1.82) is 0 Å². The fourth-order valence-corrected chi connectivity index (χ4v) is 3.01. The molecule has 4 nitrogen and oxygen atoms in total. The molecule has 1 heterocycles. The summed E-state index contributed by atoms with van der Waals surface area (Å²) >= 11 is 1.73. The first-order chi connectivity index (χ1) is 11.2. The Kier molecular flexibility index (Phi) is 6.84. The van der Waals surface area contributed by atoms with Crippen molar-refractivity contribution in [3.8, 4) is 5.75 Å². The number of para-hydroxylation sites is 2. The molecule has 5 heteroatoms. The molecule has 1 aromatic heterocycles. The minimum absolute atomic E-state index is 0.0188. The Morgan fingerprint density at radius 1 is 1.35 bits per heavy atom. The van der Waals surface area contributed by atoms with Gasteiger partial charge in [-0.15, -0.1) is 17.9 Å². The molecular formula is C18H22N2O2S. The van der Waals surface area contributed by atoms with Crippen molar-refractivity contribution in [1.82, 2.24) is 4.90 Å². The number of rotatable bonds is 9. The first-order valence-electron chi connectivity index (χ1n) is 7.51. The van der Waals surface area contributed by atoms with Crippen LogP contribution in [0.2, 0.25) is 0 Å². The lowest BCUT2D eigenvalue weighted by atomic mass is 10.2. The Balaban J connectivity index is 1.87. The van der Waals surface area contributed by atoms with Gasteiger partial charge in [0.25, 0.3) is 0 Å². The van der Waals surface area contributed by atoms with E-state index in [1.54, 1.807) is 18.4 Å². The van der Waals surface area contributed by atoms with Crippen molar-refractivity contribution in [3.05, 3.63) is 59.3 Å². The van der Waals surface area contributed by atoms with Crippen LogP contribution in [0.4, 0.5) is 5.69 Å². The van der Waals surface area contributed by atoms with E-state index >= 15 is 0 Å². The van der Waals surface area contributed by atoms with Crippen LogP contribution in [0.25, 0.3) is 0 Å². The maximum atomic E-state index is 12.2. The fourth-order valence-electron chi connectivity index (χ4n) is 2.26. The number of hydrogen-bond donors (Lipinski definition) is 1. The van der Waals surface area contributed by atoms with Crippen LogP contribution >= 0.6 is 11.3 Å². The van der Waals surface area contributed by atoms with Gasteiger partial charge in [-0.05, 0) is 23.6 Å². The summed E-state index contributed by atoms with van der Waals surface area (Å²) in [6, 6.07) is 11.6. The van der Waals surface area contributed by atoms with Crippen LogP contribution in [-0.4, -0.2) is 31.0 Å². The molecule has 1 N–H and O–H groups in total. The Bertz CT molecular complexity index is 626. The monoisotopic (exact) mass is 330 g/mol. The molecule has 0 atom stereocenters. The minimum atomic E-state index is -0.0188. The van der Waals surface area contributed by atoms with Crippen LogP contribution in [-0.2, 0) is 11.3 Å². The van der Waals surface area contributed by atoms with E-state index < -0.39 is 0 Å². The number of benzene rings is 1. The zero-order valence-electron chi connectivity index (χ0n) is 13.3. The maximum Gasteiger partial charge on any atom is 0.225 e. The Labute approximate surface area is 141 Å². The van der Waals surface area contributed by atoms with Crippen LogP contribution in [0.3, 0.4) is 0 Å². The highest BCUT2D eigenvalue weighted by atomic mass is 32.1. The molecule has 1 aromatic carbocycles. The van der Waals surface area contributed by atoms with Crippen LogP contribution in [0.15, 0.2) is 54.4 Å². The van der Waals surface area contributed by atoms with Gasteiger partial charge in [-0.25, -0.2) is 0 Å². The smallest absolute Gasteiger partial charge is 0.225 e. The predicted octanol–water partition coefficient (Wildman–Crippen LogP) is 3.77. The first-order valence-corrected chi connectivity index (χ1v) is 8.39. The van der Waals surface area contributed by atoms with Gasteiger partial charge >= 0.3 is 0 Å². The summed E-state index contributed by atoms with van der Waals surface area (Å²) in [7, 11) is 1.60. The lowest BCUT2D eigenvalue weighted by Gasteiger charge is -2.19. The number of thiophene rings is 1. The van der Waals surface area contributed by atoms with Gasteiger partial charge in [0.2, 0.25) is 5.91 Å². The summed E-state index contributed by atoms with van der Waals surface area (Å²) in [5, 5.41) is 4.97. The van der Waals surface area contributed by atoms with Crippen molar-refractivity contribution in [3.63, 3.8) is 0 Å². The highest BCUT2D eigenvalue weighted by Crippen LogP contribution is 2.23. The summed E-state index contributed by atoms with van der Waals surface area (Å²) in [5.74, 6) is 0.650. The molecular weight excluding hydrogens is 308 g/mol. The molecule has 0 spiro atoms. The molecule has 0 saturated carbocycles. The van der Waals surface area contributed by atoms with Gasteiger partial charge in [0, 0.05) is 30.9 Å². The molecule has 0 radical (unpaired) electrons. The number of nitrogens with one attached hydrogen (secondary N) is 1. The van der Waals surface area contributed by atoms with Crippen molar-refractivity contribution in [2.24, 2.45) is 0 Å². The number of ether oxygens (including phenoxy) is 1. The SMILES string of the molecule is C=CCN(CCC(=O)Nc1ccccc1OC)Cc1cccs1. The molecule has 0 fully saturated rings. The van der Waals surface area contributed by atoms with E-state index in [0.717, 1.165) is 13.1 Å². The largest absolute Gasteiger partial charge is 0.495 e. The first kappa shape index (κ1) is 17.2. The topological polar surface area (TPSA) is 41.6 Å². The van der Waals surface area contributed by atoms with E-state index in [4.69, 9.17) is 4.74 Å². The maximum absolute atomic E-state index is 12.2. The molecule has 0 aliphatic carbocycles. The highest BCUT2D eigenvalue weighted by molar-refractivity contribution is 7.09. The lowest BCUT2D eigenvalue weighted by Crippen LogP contribution is -2.27. The number of hydrogen-bond acceptors (Lipinski definition) is 4. The molecule has 0 unspecified atom stereocenters. The van der Waals surface area contributed by atoms with Crippen molar-refractivity contribution < 1.29 is 9.53 Å². The number of carbonyl (C=O) groups excluding carboxylic acids is 1. The molecule has 0 aliphatic heterocycles. The van der Waals surface area contributed by atoms with Crippen LogP contribution in [0, 0.1) is 0 Å².